The van der Waals surface area contributed by atoms with Crippen molar-refractivity contribution in [3.05, 3.63) is 212 Å². The van der Waals surface area contributed by atoms with Crippen LogP contribution < -0.4 is 9.30 Å². The molecule has 342 valence electrons. The average Bonchev–Trinajstić information content (AvgIpc) is 4.15. The molecule has 5 aromatic heterocycles. The SMILES string of the molecule is Cn1c2ccccc2c2c3c4ccccc4n(C)c3c3c(c4ccc(Oc5[c-]c(-[n+]6[c-]n(-c7c(-c8ccccc8)cccc7-c7ccccc7)cc6)ccc5)[c-]c4n3-c3cc(C(C)(C)C)ccn3)c21.[Pt]. The van der Waals surface area contributed by atoms with Gasteiger partial charge in [0.1, 0.15) is 5.82 Å². The Morgan fingerprint density at radius 1 is 0.557 bits per heavy atom. The zero-order chi connectivity index (χ0) is 46.5. The molecule has 70 heavy (non-hydrogen) atoms. The molecule has 0 N–H and O–H groups in total. The first-order valence-corrected chi connectivity index (χ1v) is 23.4. The molecule has 0 fully saturated rings. The minimum absolute atomic E-state index is 0. The summed E-state index contributed by atoms with van der Waals surface area (Å²) in [5, 5.41) is 7.15. The van der Waals surface area contributed by atoms with E-state index in [2.05, 4.69) is 223 Å². The molecule has 8 heteroatoms. The summed E-state index contributed by atoms with van der Waals surface area (Å²) >= 11 is 0. The van der Waals surface area contributed by atoms with Gasteiger partial charge in [0.2, 0.25) is 0 Å². The predicted octanol–water partition coefficient (Wildman–Crippen LogP) is 14.4. The van der Waals surface area contributed by atoms with Crippen molar-refractivity contribution in [2.24, 2.45) is 14.1 Å². The second-order valence-corrected chi connectivity index (χ2v) is 19.0. The number of aromatic nitrogens is 6. The van der Waals surface area contributed by atoms with Crippen molar-refractivity contribution in [1.29, 1.82) is 0 Å². The van der Waals surface area contributed by atoms with Crippen LogP contribution in [0.15, 0.2) is 188 Å². The van der Waals surface area contributed by atoms with Crippen molar-refractivity contribution in [2.45, 2.75) is 26.2 Å². The summed E-state index contributed by atoms with van der Waals surface area (Å²) in [6.07, 6.45) is 9.63. The average molecular weight is 1090 g/mol. The molecule has 0 saturated heterocycles. The van der Waals surface area contributed by atoms with E-state index in [0.717, 1.165) is 66.8 Å². The Bertz CT molecular complexity index is 4110. The summed E-state index contributed by atoms with van der Waals surface area (Å²) in [6.45, 7) is 6.75. The number of fused-ring (bicyclic) bond motifs is 12. The van der Waals surface area contributed by atoms with E-state index in [0.29, 0.717) is 11.5 Å². The van der Waals surface area contributed by atoms with Crippen molar-refractivity contribution < 1.29 is 30.4 Å². The van der Waals surface area contributed by atoms with Crippen LogP contribution >= 0.6 is 0 Å². The standard InChI is InChI=1S/C62H46N6O.Pt/c1-62(2,3)42-32-33-63-54(36-42)68-53-38-45(30-31-50(53)57-59-55(48-24-12-14-28-51(48)64(59)4)56-49-25-13-15-29-52(49)65(5)60(56)61(57)68)69-44-23-16-22-43(37-44)66-34-35-67(39-66)58-46(40-18-8-6-9-19-40)26-17-27-47(58)41-20-10-7-11-21-41;/h6-36H,1-5H3;/q-2;. The van der Waals surface area contributed by atoms with Gasteiger partial charge in [-0.15, -0.1) is 24.3 Å². The molecule has 0 saturated carbocycles. The molecule has 0 unspecified atom stereocenters. The van der Waals surface area contributed by atoms with Crippen molar-refractivity contribution >= 4 is 65.4 Å². The first kappa shape index (κ1) is 43.3. The Morgan fingerprint density at radius 2 is 1.16 bits per heavy atom. The Labute approximate surface area is 420 Å². The molecule has 13 aromatic rings. The van der Waals surface area contributed by atoms with Gasteiger partial charge >= 0.3 is 0 Å². The van der Waals surface area contributed by atoms with Crippen LogP contribution in [0.2, 0.25) is 0 Å². The molecule has 8 aromatic carbocycles. The zero-order valence-electron chi connectivity index (χ0n) is 39.3. The number of ether oxygens (including phenoxy) is 1. The van der Waals surface area contributed by atoms with Gasteiger partial charge in [-0.25, -0.2) is 4.98 Å². The maximum absolute atomic E-state index is 6.79. The number of para-hydroxylation sites is 3. The van der Waals surface area contributed by atoms with E-state index in [4.69, 9.17) is 9.72 Å². The Balaban J connectivity index is 0.00000505. The molecule has 0 radical (unpaired) electrons. The molecule has 0 aliphatic heterocycles. The number of hydrogen-bond acceptors (Lipinski definition) is 2. The van der Waals surface area contributed by atoms with Crippen molar-refractivity contribution in [3.63, 3.8) is 0 Å². The van der Waals surface area contributed by atoms with Crippen LogP contribution in [-0.4, -0.2) is 23.3 Å². The quantitative estimate of drug-likeness (QED) is 0.118. The molecule has 0 amide bonds. The van der Waals surface area contributed by atoms with Crippen LogP contribution in [0.1, 0.15) is 26.3 Å². The van der Waals surface area contributed by atoms with Gasteiger partial charge in [-0.3, -0.25) is 4.57 Å². The fraction of sp³-hybridized carbons (Fsp3) is 0.0968. The minimum atomic E-state index is -0.0980. The molecular formula is C62H46N6OPt-2. The summed E-state index contributed by atoms with van der Waals surface area (Å²) < 4.78 is 17.9. The second kappa shape index (κ2) is 16.6. The molecule has 7 nitrogen and oxygen atoms in total. The van der Waals surface area contributed by atoms with Gasteiger partial charge in [0.15, 0.2) is 0 Å². The Morgan fingerprint density at radius 3 is 1.83 bits per heavy atom. The number of aryl methyl sites for hydroxylation is 2. The summed E-state index contributed by atoms with van der Waals surface area (Å²) in [5.41, 5.74) is 14.1. The molecule has 0 aliphatic rings. The van der Waals surface area contributed by atoms with E-state index in [1.807, 2.05) is 41.2 Å². The first-order valence-electron chi connectivity index (χ1n) is 23.4. The summed E-state index contributed by atoms with van der Waals surface area (Å²) in [7, 11) is 4.39. The fourth-order valence-electron chi connectivity index (χ4n) is 10.6. The third-order valence-electron chi connectivity index (χ3n) is 13.9. The van der Waals surface area contributed by atoms with Crippen LogP contribution in [0.25, 0.3) is 105 Å². The largest absolute Gasteiger partial charge is 0.510 e. The van der Waals surface area contributed by atoms with Crippen molar-refractivity contribution in [1.82, 2.24) is 23.3 Å². The number of nitrogens with zero attached hydrogens (tertiary/aromatic N) is 6. The molecule has 0 atom stereocenters. The third kappa shape index (κ3) is 6.74. The van der Waals surface area contributed by atoms with Crippen LogP contribution in [0.3, 0.4) is 0 Å². The van der Waals surface area contributed by atoms with E-state index in [1.54, 1.807) is 0 Å². The summed E-state index contributed by atoms with van der Waals surface area (Å²) in [5.74, 6) is 1.97. The van der Waals surface area contributed by atoms with Gasteiger partial charge in [0.25, 0.3) is 6.33 Å². The van der Waals surface area contributed by atoms with E-state index >= 15 is 0 Å². The van der Waals surface area contributed by atoms with Crippen LogP contribution in [-0.2, 0) is 40.6 Å². The molecule has 0 aliphatic carbocycles. The molecule has 13 rings (SSSR count). The fourth-order valence-corrected chi connectivity index (χ4v) is 10.6. The normalized spacial score (nSPS) is 12.0. The van der Waals surface area contributed by atoms with E-state index < -0.39 is 0 Å². The van der Waals surface area contributed by atoms with Gasteiger partial charge in [0.05, 0.1) is 16.7 Å². The maximum Gasteiger partial charge on any atom is 0.267 e. The van der Waals surface area contributed by atoms with Crippen LogP contribution in [0.5, 0.6) is 11.5 Å². The van der Waals surface area contributed by atoms with Crippen LogP contribution in [0.4, 0.5) is 0 Å². The number of hydrogen-bond donors (Lipinski definition) is 0. The predicted molar refractivity (Wildman–Crippen MR) is 280 cm³/mol. The topological polar surface area (TPSA) is 45.7 Å². The number of rotatable bonds is 7. The van der Waals surface area contributed by atoms with Crippen LogP contribution in [0, 0.1) is 18.5 Å². The summed E-state index contributed by atoms with van der Waals surface area (Å²) in [4.78, 5) is 5.13. The van der Waals surface area contributed by atoms with E-state index in [1.165, 1.54) is 43.7 Å². The van der Waals surface area contributed by atoms with Crippen molar-refractivity contribution in [3.8, 4) is 50.9 Å². The smallest absolute Gasteiger partial charge is 0.267 e. The zero-order valence-corrected chi connectivity index (χ0v) is 41.6. The molecule has 0 bridgehead atoms. The molecular weight excluding hydrogens is 1040 g/mol. The molecule has 5 heterocycles. The number of imidazole rings is 1. The molecule has 0 spiro atoms. The third-order valence-corrected chi connectivity index (χ3v) is 13.9. The second-order valence-electron chi connectivity index (χ2n) is 19.0. The Kier molecular flexibility index (Phi) is 10.3. The van der Waals surface area contributed by atoms with Gasteiger partial charge in [0, 0.05) is 103 Å². The van der Waals surface area contributed by atoms with Gasteiger partial charge in [-0.2, -0.15) is 18.2 Å². The first-order chi connectivity index (χ1) is 33.7. The minimum Gasteiger partial charge on any atom is -0.510 e. The van der Waals surface area contributed by atoms with Crippen molar-refractivity contribution in [2.75, 3.05) is 0 Å². The number of benzene rings is 8. The maximum atomic E-state index is 6.79. The van der Waals surface area contributed by atoms with Gasteiger partial charge in [-0.05, 0) is 68.6 Å². The number of pyridine rings is 1. The van der Waals surface area contributed by atoms with Gasteiger partial charge in [-0.1, -0.05) is 147 Å². The van der Waals surface area contributed by atoms with E-state index in [-0.39, 0.29) is 26.5 Å². The Hall–Kier alpha value is -7.99. The van der Waals surface area contributed by atoms with E-state index in [9.17, 15) is 0 Å². The van der Waals surface area contributed by atoms with Gasteiger partial charge < -0.3 is 23.0 Å². The summed E-state index contributed by atoms with van der Waals surface area (Å²) in [6, 6.07) is 67.0. The monoisotopic (exact) mass is 1090 g/mol.